The molecule has 2 amide bonds. The fourth-order valence-electron chi connectivity index (χ4n) is 2.30. The predicted octanol–water partition coefficient (Wildman–Crippen LogP) is 1.93. The van der Waals surface area contributed by atoms with Crippen molar-refractivity contribution in [3.8, 4) is 0 Å². The number of anilines is 1. The smallest absolute Gasteiger partial charge is 0.310 e. The predicted molar refractivity (Wildman–Crippen MR) is 83.2 cm³/mol. The van der Waals surface area contributed by atoms with Crippen LogP contribution in [-0.2, 0) is 20.8 Å². The maximum absolute atomic E-state index is 12.1. The molecule has 120 valence electrons. The first-order valence-electron chi connectivity index (χ1n) is 7.23. The second-order valence-electron chi connectivity index (χ2n) is 5.36. The molecule has 0 aliphatic rings. The van der Waals surface area contributed by atoms with Crippen LogP contribution in [0.3, 0.4) is 0 Å². The van der Waals surface area contributed by atoms with Crippen LogP contribution >= 0.6 is 0 Å². The van der Waals surface area contributed by atoms with Gasteiger partial charge in [-0.3, -0.25) is 14.4 Å². The monoisotopic (exact) mass is 306 g/mol. The first-order chi connectivity index (χ1) is 10.3. The summed E-state index contributed by atoms with van der Waals surface area (Å²) < 4.78 is 0. The summed E-state index contributed by atoms with van der Waals surface area (Å²) in [5.74, 6) is -1.72. The van der Waals surface area contributed by atoms with Crippen molar-refractivity contribution in [3.05, 3.63) is 29.8 Å². The number of nitrogens with two attached hydrogens (primary N) is 1. The fraction of sp³-hybridized carbons (Fsp3) is 0.438. The van der Waals surface area contributed by atoms with Crippen LogP contribution in [0.2, 0.25) is 0 Å². The fourth-order valence-corrected chi connectivity index (χ4v) is 2.30. The van der Waals surface area contributed by atoms with Gasteiger partial charge in [-0.05, 0) is 30.5 Å². The van der Waals surface area contributed by atoms with Crippen molar-refractivity contribution in [2.24, 2.45) is 11.1 Å². The van der Waals surface area contributed by atoms with E-state index < -0.39 is 17.3 Å². The molecule has 0 unspecified atom stereocenters. The van der Waals surface area contributed by atoms with Crippen molar-refractivity contribution in [3.63, 3.8) is 0 Å². The highest BCUT2D eigenvalue weighted by atomic mass is 16.4. The summed E-state index contributed by atoms with van der Waals surface area (Å²) in [6, 6.07) is 6.72. The molecule has 0 spiro atoms. The first-order valence-corrected chi connectivity index (χ1v) is 7.23. The topological polar surface area (TPSA) is 109 Å². The maximum atomic E-state index is 12.1. The third kappa shape index (κ3) is 4.58. The van der Waals surface area contributed by atoms with Crippen molar-refractivity contribution in [2.75, 3.05) is 5.32 Å². The van der Waals surface area contributed by atoms with E-state index in [1.165, 1.54) is 0 Å². The van der Waals surface area contributed by atoms with E-state index in [1.54, 1.807) is 38.1 Å². The van der Waals surface area contributed by atoms with Gasteiger partial charge in [-0.15, -0.1) is 0 Å². The van der Waals surface area contributed by atoms with E-state index in [1.807, 2.05) is 0 Å². The van der Waals surface area contributed by atoms with Crippen molar-refractivity contribution in [2.45, 2.75) is 39.5 Å². The van der Waals surface area contributed by atoms with Crippen molar-refractivity contribution >= 4 is 23.5 Å². The average Bonchev–Trinajstić information content (AvgIpc) is 2.46. The van der Waals surface area contributed by atoms with Crippen LogP contribution in [0, 0.1) is 5.41 Å². The number of primary amides is 1. The van der Waals surface area contributed by atoms with Gasteiger partial charge in [0.2, 0.25) is 11.8 Å². The van der Waals surface area contributed by atoms with Gasteiger partial charge in [-0.2, -0.15) is 0 Å². The number of carboxylic acids is 1. The lowest BCUT2D eigenvalue weighted by Gasteiger charge is -2.25. The minimum atomic E-state index is -1.03. The van der Waals surface area contributed by atoms with Crippen LogP contribution in [0.1, 0.15) is 38.7 Å². The lowest BCUT2D eigenvalue weighted by Crippen LogP contribution is -2.34. The minimum Gasteiger partial charge on any atom is -0.481 e. The largest absolute Gasteiger partial charge is 0.481 e. The zero-order valence-corrected chi connectivity index (χ0v) is 12.9. The van der Waals surface area contributed by atoms with E-state index in [0.717, 1.165) is 5.56 Å². The summed E-state index contributed by atoms with van der Waals surface area (Å²) in [5, 5.41) is 12.0. The number of benzene rings is 1. The van der Waals surface area contributed by atoms with Crippen LogP contribution in [0.5, 0.6) is 0 Å². The second kappa shape index (κ2) is 7.59. The molecule has 0 heterocycles. The molecule has 0 fully saturated rings. The van der Waals surface area contributed by atoms with Gasteiger partial charge in [-0.1, -0.05) is 26.0 Å². The Kier molecular flexibility index (Phi) is 6.10. The molecule has 0 saturated heterocycles. The highest BCUT2D eigenvalue weighted by Gasteiger charge is 2.37. The lowest BCUT2D eigenvalue weighted by molar-refractivity contribution is -0.151. The molecule has 0 aliphatic heterocycles. The Bertz CT molecular complexity index is 548. The highest BCUT2D eigenvalue weighted by molar-refractivity contribution is 5.94. The van der Waals surface area contributed by atoms with Crippen molar-refractivity contribution in [1.82, 2.24) is 0 Å². The number of carbonyl (C=O) groups is 3. The first kappa shape index (κ1) is 17.7. The molecular formula is C16H22N2O4. The number of rotatable bonds is 8. The van der Waals surface area contributed by atoms with Gasteiger partial charge in [0.15, 0.2) is 0 Å². The highest BCUT2D eigenvalue weighted by Crippen LogP contribution is 2.31. The standard InChI is InChI=1S/C16H22N2O4/c1-3-16(4-2,15(21)22)10-14(20)18-12-7-5-11(6-8-12)9-13(17)19/h5-8H,3-4,9-10H2,1-2H3,(H2,17,19)(H,18,20)(H,21,22). The Morgan fingerprint density at radius 3 is 2.09 bits per heavy atom. The molecule has 0 radical (unpaired) electrons. The van der Waals surface area contributed by atoms with Gasteiger partial charge in [0.1, 0.15) is 0 Å². The summed E-state index contributed by atoms with van der Waals surface area (Å²) >= 11 is 0. The Morgan fingerprint density at radius 2 is 1.68 bits per heavy atom. The molecule has 0 atom stereocenters. The maximum Gasteiger partial charge on any atom is 0.310 e. The van der Waals surface area contributed by atoms with Gasteiger partial charge in [-0.25, -0.2) is 0 Å². The number of carbonyl (C=O) groups excluding carboxylic acids is 2. The van der Waals surface area contributed by atoms with E-state index in [9.17, 15) is 19.5 Å². The zero-order chi connectivity index (χ0) is 16.8. The van der Waals surface area contributed by atoms with Gasteiger partial charge in [0, 0.05) is 12.1 Å². The Labute approximate surface area is 129 Å². The molecule has 0 aromatic heterocycles. The molecule has 1 aromatic rings. The van der Waals surface area contributed by atoms with Crippen LogP contribution in [-0.4, -0.2) is 22.9 Å². The van der Waals surface area contributed by atoms with Crippen LogP contribution in [0.25, 0.3) is 0 Å². The van der Waals surface area contributed by atoms with Gasteiger partial charge in [0.05, 0.1) is 11.8 Å². The van der Waals surface area contributed by atoms with E-state index in [4.69, 9.17) is 5.73 Å². The number of amides is 2. The van der Waals surface area contributed by atoms with Crippen LogP contribution < -0.4 is 11.1 Å². The van der Waals surface area contributed by atoms with Gasteiger partial charge in [0.25, 0.3) is 0 Å². The van der Waals surface area contributed by atoms with E-state index in [0.29, 0.717) is 18.5 Å². The number of nitrogens with one attached hydrogen (secondary N) is 1. The molecule has 0 aliphatic carbocycles. The Morgan fingerprint density at radius 1 is 1.14 bits per heavy atom. The molecule has 0 bridgehead atoms. The number of hydrogen-bond donors (Lipinski definition) is 3. The van der Waals surface area contributed by atoms with Gasteiger partial charge >= 0.3 is 5.97 Å². The third-order valence-corrected chi connectivity index (χ3v) is 3.92. The summed E-state index contributed by atoms with van der Waals surface area (Å²) in [7, 11) is 0. The molecule has 1 aromatic carbocycles. The molecule has 1 rings (SSSR count). The summed E-state index contributed by atoms with van der Waals surface area (Å²) in [4.78, 5) is 34.3. The molecule has 6 heteroatoms. The molecular weight excluding hydrogens is 284 g/mol. The molecule has 4 N–H and O–H groups in total. The van der Waals surface area contributed by atoms with E-state index in [2.05, 4.69) is 5.32 Å². The van der Waals surface area contributed by atoms with Crippen LogP contribution in [0.4, 0.5) is 5.69 Å². The van der Waals surface area contributed by atoms with E-state index >= 15 is 0 Å². The Balaban J connectivity index is 2.72. The lowest BCUT2D eigenvalue weighted by atomic mass is 9.79. The summed E-state index contributed by atoms with van der Waals surface area (Å²) in [6.45, 7) is 3.53. The molecule has 22 heavy (non-hydrogen) atoms. The third-order valence-electron chi connectivity index (χ3n) is 3.92. The average molecular weight is 306 g/mol. The quantitative estimate of drug-likeness (QED) is 0.681. The second-order valence-corrected chi connectivity index (χ2v) is 5.36. The number of carboxylic acid groups (broad SMARTS) is 1. The van der Waals surface area contributed by atoms with Crippen molar-refractivity contribution < 1.29 is 19.5 Å². The van der Waals surface area contributed by atoms with Crippen molar-refractivity contribution in [1.29, 1.82) is 0 Å². The number of aliphatic carboxylic acids is 1. The normalized spacial score (nSPS) is 11.0. The zero-order valence-electron chi connectivity index (χ0n) is 12.9. The van der Waals surface area contributed by atoms with E-state index in [-0.39, 0.29) is 18.7 Å². The minimum absolute atomic E-state index is 0.0711. The Hall–Kier alpha value is -2.37. The van der Waals surface area contributed by atoms with Gasteiger partial charge < -0.3 is 16.2 Å². The molecule has 6 nitrogen and oxygen atoms in total. The molecule has 0 saturated carbocycles. The summed E-state index contributed by atoms with van der Waals surface area (Å²) in [5.41, 5.74) is 5.39. The number of hydrogen-bond acceptors (Lipinski definition) is 3. The summed E-state index contributed by atoms with van der Waals surface area (Å²) in [6.07, 6.45) is 0.855. The van der Waals surface area contributed by atoms with Crippen LogP contribution in [0.15, 0.2) is 24.3 Å². The SMILES string of the molecule is CCC(CC)(CC(=O)Nc1ccc(CC(N)=O)cc1)C(=O)O.